The molecule has 180 valence electrons. The molecule has 0 fully saturated rings. The lowest BCUT2D eigenvalue weighted by Crippen LogP contribution is -2.16. The van der Waals surface area contributed by atoms with Crippen molar-refractivity contribution in [2.45, 2.75) is 38.0 Å². The van der Waals surface area contributed by atoms with Gasteiger partial charge in [-0.25, -0.2) is 15.0 Å². The Bertz CT molecular complexity index is 1250. The largest absolute Gasteiger partial charge is 0.359 e. The molecular weight excluding hydrogens is 480 g/mol. The van der Waals surface area contributed by atoms with Gasteiger partial charge in [-0.2, -0.15) is 0 Å². The summed E-state index contributed by atoms with van der Waals surface area (Å²) >= 11 is 2.84. The molecule has 0 saturated carbocycles. The summed E-state index contributed by atoms with van der Waals surface area (Å²) in [6.07, 6.45) is 8.91. The smallest absolute Gasteiger partial charge is 0.288 e. The number of hydrogen-bond acceptors (Lipinski definition) is 7. The quantitative estimate of drug-likeness (QED) is 0.210. The second kappa shape index (κ2) is 12.3. The molecule has 0 bridgehead atoms. The lowest BCUT2D eigenvalue weighted by atomic mass is 10.0. The molecule has 1 unspecified atom stereocenters. The minimum Gasteiger partial charge on any atom is -0.359 e. The number of thiazole rings is 2. The molecule has 0 radical (unpaired) electrons. The summed E-state index contributed by atoms with van der Waals surface area (Å²) in [5.41, 5.74) is 7.39. The average Bonchev–Trinajstić information content (AvgIpc) is 3.68. The van der Waals surface area contributed by atoms with Crippen molar-refractivity contribution >= 4 is 40.7 Å². The minimum atomic E-state index is -0.304. The zero-order valence-corrected chi connectivity index (χ0v) is 20.9. The molecular formula is C25H26N6O2S2. The summed E-state index contributed by atoms with van der Waals surface area (Å²) in [5, 5.41) is 4.67. The van der Waals surface area contributed by atoms with E-state index < -0.39 is 0 Å². The van der Waals surface area contributed by atoms with Crippen LogP contribution in [0.3, 0.4) is 0 Å². The molecule has 10 heteroatoms. The number of benzene rings is 1. The van der Waals surface area contributed by atoms with Crippen molar-refractivity contribution in [2.75, 3.05) is 7.05 Å². The normalized spacial score (nSPS) is 12.1. The standard InChI is InChI=1S/C25H26N6O2S2/c1-26-23(32)6-4-2-3-5-19(11-29-25(33)22-13-27-15-35-22)24-28-12-20(31-24)17-7-9-18(10-8-17)21-14-34-16-30-21/h7-16,19H,2-6H2,1H3,(H,26,32)(H,28,31). The van der Waals surface area contributed by atoms with E-state index in [9.17, 15) is 9.59 Å². The third-order valence-electron chi connectivity index (χ3n) is 5.58. The van der Waals surface area contributed by atoms with Gasteiger partial charge in [0.2, 0.25) is 5.91 Å². The number of aliphatic imine (C=N–C) groups is 1. The van der Waals surface area contributed by atoms with Crippen LogP contribution in [-0.2, 0) is 4.79 Å². The molecule has 8 nitrogen and oxygen atoms in total. The Balaban J connectivity index is 1.46. The maximum Gasteiger partial charge on any atom is 0.288 e. The fourth-order valence-corrected chi connectivity index (χ4v) is 4.70. The predicted octanol–water partition coefficient (Wildman–Crippen LogP) is 5.35. The fraction of sp³-hybridized carbons (Fsp3) is 0.280. The Morgan fingerprint density at radius 1 is 1.09 bits per heavy atom. The van der Waals surface area contributed by atoms with Gasteiger partial charge in [-0.05, 0) is 18.4 Å². The lowest BCUT2D eigenvalue weighted by molar-refractivity contribution is -0.120. The first kappa shape index (κ1) is 24.6. The Hall–Kier alpha value is -3.50. The third-order valence-corrected chi connectivity index (χ3v) is 6.93. The van der Waals surface area contributed by atoms with Gasteiger partial charge < -0.3 is 10.3 Å². The SMILES string of the molecule is CNC(=O)CCCCCC(C=NC(=O)c1cncs1)c1ncc(-c2ccc(-c3cscn3)cc2)[nH]1. The van der Waals surface area contributed by atoms with Gasteiger partial charge in [0.05, 0.1) is 40.7 Å². The highest BCUT2D eigenvalue weighted by atomic mass is 32.1. The van der Waals surface area contributed by atoms with Crippen molar-refractivity contribution in [1.29, 1.82) is 0 Å². The van der Waals surface area contributed by atoms with E-state index in [1.807, 2.05) is 41.4 Å². The van der Waals surface area contributed by atoms with Crippen molar-refractivity contribution in [3.8, 4) is 22.5 Å². The summed E-state index contributed by atoms with van der Waals surface area (Å²) in [4.78, 5) is 44.8. The van der Waals surface area contributed by atoms with Crippen LogP contribution in [0.2, 0.25) is 0 Å². The fourth-order valence-electron chi connectivity index (χ4n) is 3.62. The first-order valence-electron chi connectivity index (χ1n) is 11.4. The Labute approximate surface area is 211 Å². The van der Waals surface area contributed by atoms with E-state index in [0.29, 0.717) is 11.3 Å². The second-order valence-corrected chi connectivity index (χ2v) is 9.57. The van der Waals surface area contributed by atoms with E-state index >= 15 is 0 Å². The number of hydrogen-bond donors (Lipinski definition) is 2. The lowest BCUT2D eigenvalue weighted by Gasteiger charge is -2.09. The van der Waals surface area contributed by atoms with Gasteiger partial charge in [-0.1, -0.05) is 37.1 Å². The number of nitrogens with zero attached hydrogens (tertiary/aromatic N) is 4. The zero-order chi connectivity index (χ0) is 24.5. The van der Waals surface area contributed by atoms with Gasteiger partial charge in [0.25, 0.3) is 5.91 Å². The minimum absolute atomic E-state index is 0.0507. The van der Waals surface area contributed by atoms with Crippen LogP contribution in [0, 0.1) is 0 Å². The van der Waals surface area contributed by atoms with Crippen LogP contribution in [0.5, 0.6) is 0 Å². The monoisotopic (exact) mass is 506 g/mol. The summed E-state index contributed by atoms with van der Waals surface area (Å²) in [6, 6.07) is 8.18. The summed E-state index contributed by atoms with van der Waals surface area (Å²) in [7, 11) is 1.65. The van der Waals surface area contributed by atoms with Gasteiger partial charge in [-0.3, -0.25) is 14.6 Å². The zero-order valence-electron chi connectivity index (χ0n) is 19.3. The van der Waals surface area contributed by atoms with Crippen molar-refractivity contribution in [3.63, 3.8) is 0 Å². The molecule has 0 aliphatic rings. The van der Waals surface area contributed by atoms with Crippen LogP contribution in [0.4, 0.5) is 0 Å². The molecule has 0 aliphatic heterocycles. The second-order valence-electron chi connectivity index (χ2n) is 7.96. The van der Waals surface area contributed by atoms with Crippen LogP contribution in [0.15, 0.2) is 58.1 Å². The van der Waals surface area contributed by atoms with Gasteiger partial charge in [-0.15, -0.1) is 22.7 Å². The molecule has 3 aromatic heterocycles. The predicted molar refractivity (Wildman–Crippen MR) is 140 cm³/mol. The number of aromatic nitrogens is 4. The molecule has 4 rings (SSSR count). The van der Waals surface area contributed by atoms with Crippen molar-refractivity contribution < 1.29 is 9.59 Å². The van der Waals surface area contributed by atoms with Gasteiger partial charge in [0, 0.05) is 30.6 Å². The van der Waals surface area contributed by atoms with Crippen molar-refractivity contribution in [2.24, 2.45) is 4.99 Å². The van der Waals surface area contributed by atoms with Crippen molar-refractivity contribution in [3.05, 3.63) is 63.8 Å². The first-order valence-corrected chi connectivity index (χ1v) is 13.2. The Kier molecular flexibility index (Phi) is 8.63. The summed E-state index contributed by atoms with van der Waals surface area (Å²) in [5.74, 6) is 0.363. The highest BCUT2D eigenvalue weighted by Gasteiger charge is 2.16. The molecule has 1 atom stereocenters. The van der Waals surface area contributed by atoms with E-state index in [1.165, 1.54) is 17.5 Å². The van der Waals surface area contributed by atoms with Gasteiger partial charge >= 0.3 is 0 Å². The van der Waals surface area contributed by atoms with Crippen molar-refractivity contribution in [1.82, 2.24) is 25.3 Å². The number of amides is 2. The van der Waals surface area contributed by atoms with E-state index in [2.05, 4.69) is 30.2 Å². The Morgan fingerprint density at radius 3 is 2.63 bits per heavy atom. The molecule has 1 aromatic carbocycles. The van der Waals surface area contributed by atoms with Gasteiger partial charge in [0.1, 0.15) is 10.7 Å². The van der Waals surface area contributed by atoms with Crippen LogP contribution in [0.25, 0.3) is 22.5 Å². The Morgan fingerprint density at radius 2 is 1.91 bits per heavy atom. The number of carbonyl (C=O) groups is 2. The van der Waals surface area contributed by atoms with E-state index in [-0.39, 0.29) is 17.7 Å². The number of rotatable bonds is 11. The molecule has 35 heavy (non-hydrogen) atoms. The summed E-state index contributed by atoms with van der Waals surface area (Å²) < 4.78 is 0. The average molecular weight is 507 g/mol. The number of nitrogens with one attached hydrogen (secondary N) is 2. The summed E-state index contributed by atoms with van der Waals surface area (Å²) in [6.45, 7) is 0. The maximum absolute atomic E-state index is 12.4. The van der Waals surface area contributed by atoms with Crippen LogP contribution in [0.1, 0.15) is 53.5 Å². The number of H-pyrrole nitrogens is 1. The van der Waals surface area contributed by atoms with E-state index in [4.69, 9.17) is 0 Å². The molecule has 0 spiro atoms. The highest BCUT2D eigenvalue weighted by molar-refractivity contribution is 7.11. The molecule has 3 heterocycles. The molecule has 2 amide bonds. The molecule has 0 saturated heterocycles. The highest BCUT2D eigenvalue weighted by Crippen LogP contribution is 2.26. The molecule has 0 aliphatic carbocycles. The van der Waals surface area contributed by atoms with E-state index in [0.717, 1.165) is 54.0 Å². The number of carbonyl (C=O) groups excluding carboxylic acids is 2. The van der Waals surface area contributed by atoms with Gasteiger partial charge in [0.15, 0.2) is 0 Å². The molecule has 2 N–H and O–H groups in total. The van der Waals surface area contributed by atoms with Crippen LogP contribution >= 0.6 is 22.7 Å². The number of aromatic amines is 1. The maximum atomic E-state index is 12.4. The van der Waals surface area contributed by atoms with Crippen LogP contribution in [-0.4, -0.2) is 45.0 Å². The van der Waals surface area contributed by atoms with E-state index in [1.54, 1.807) is 30.1 Å². The third kappa shape index (κ3) is 6.77. The molecule has 4 aromatic rings. The number of imidazole rings is 1. The topological polar surface area (TPSA) is 113 Å². The van der Waals surface area contributed by atoms with Crippen LogP contribution < -0.4 is 5.32 Å². The number of unbranched alkanes of at least 4 members (excludes halogenated alkanes) is 2. The first-order chi connectivity index (χ1) is 17.1.